The summed E-state index contributed by atoms with van der Waals surface area (Å²) in [6, 6.07) is 9.21. The van der Waals surface area contributed by atoms with Crippen molar-refractivity contribution < 1.29 is 4.39 Å². The molecule has 0 heterocycles. The Balaban J connectivity index is 2.02. The third-order valence-electron chi connectivity index (χ3n) is 4.77. The lowest BCUT2D eigenvalue weighted by Gasteiger charge is -2.31. The summed E-state index contributed by atoms with van der Waals surface area (Å²) in [6.07, 6.45) is 4.08. The molecule has 0 radical (unpaired) electrons. The molecule has 0 bridgehead atoms. The van der Waals surface area contributed by atoms with Gasteiger partial charge in [-0.2, -0.15) is 5.26 Å². The highest BCUT2D eigenvalue weighted by Crippen LogP contribution is 2.37. The lowest BCUT2D eigenvalue weighted by Crippen LogP contribution is -2.45. The van der Waals surface area contributed by atoms with Crippen molar-refractivity contribution in [2.45, 2.75) is 38.1 Å². The van der Waals surface area contributed by atoms with Gasteiger partial charge in [0.15, 0.2) is 0 Å². The fraction of sp³-hybridized carbons (Fsp3) is 0.588. The van der Waals surface area contributed by atoms with Crippen LogP contribution in [0.3, 0.4) is 0 Å². The summed E-state index contributed by atoms with van der Waals surface area (Å²) < 4.78 is 13.4. The number of benzene rings is 1. The predicted molar refractivity (Wildman–Crippen MR) is 83.6 cm³/mol. The molecule has 0 amide bonds. The van der Waals surface area contributed by atoms with Crippen LogP contribution in [0.5, 0.6) is 0 Å². The highest BCUT2D eigenvalue weighted by Gasteiger charge is 2.41. The lowest BCUT2D eigenvalue weighted by atomic mass is 9.86. The first kappa shape index (κ1) is 15.8. The molecule has 2 rings (SSSR count). The minimum absolute atomic E-state index is 0.201. The number of rotatable bonds is 6. The number of nitriles is 1. The molecule has 0 aliphatic heterocycles. The zero-order valence-electron chi connectivity index (χ0n) is 12.9. The fourth-order valence-electron chi connectivity index (χ4n) is 3.46. The van der Waals surface area contributed by atoms with E-state index < -0.39 is 0 Å². The van der Waals surface area contributed by atoms with E-state index in [1.54, 1.807) is 12.1 Å². The number of halogens is 1. The summed E-state index contributed by atoms with van der Waals surface area (Å²) >= 11 is 0. The zero-order valence-corrected chi connectivity index (χ0v) is 12.9. The van der Waals surface area contributed by atoms with Crippen LogP contribution in [0.25, 0.3) is 0 Å². The van der Waals surface area contributed by atoms with Crippen molar-refractivity contribution in [3.8, 4) is 6.07 Å². The minimum atomic E-state index is -0.374. The van der Waals surface area contributed by atoms with Gasteiger partial charge in [-0.15, -0.1) is 0 Å². The minimum Gasteiger partial charge on any atom is -0.372 e. The summed E-state index contributed by atoms with van der Waals surface area (Å²) in [4.78, 5) is 2.18. The monoisotopic (exact) mass is 289 g/mol. The molecule has 1 aliphatic rings. The number of hydrogen-bond donors (Lipinski definition) is 1. The van der Waals surface area contributed by atoms with Crippen LogP contribution in [-0.2, 0) is 0 Å². The van der Waals surface area contributed by atoms with Crippen molar-refractivity contribution in [1.29, 1.82) is 5.26 Å². The van der Waals surface area contributed by atoms with E-state index in [4.69, 9.17) is 0 Å². The molecule has 2 atom stereocenters. The molecule has 0 saturated heterocycles. The molecule has 1 aromatic carbocycles. The molecule has 1 aliphatic carbocycles. The van der Waals surface area contributed by atoms with E-state index in [9.17, 15) is 9.65 Å². The van der Waals surface area contributed by atoms with Gasteiger partial charge in [0.1, 0.15) is 11.4 Å². The van der Waals surface area contributed by atoms with Gasteiger partial charge in [-0.05, 0) is 57.4 Å². The average Bonchev–Trinajstić information content (AvgIpc) is 2.91. The maximum atomic E-state index is 13.4. The zero-order chi connectivity index (χ0) is 15.3. The molecule has 1 fully saturated rings. The van der Waals surface area contributed by atoms with Crippen LogP contribution in [-0.4, -0.2) is 25.7 Å². The summed E-state index contributed by atoms with van der Waals surface area (Å²) in [5.74, 6) is 0.170. The van der Waals surface area contributed by atoms with Crippen LogP contribution < -0.4 is 10.2 Å². The average molecular weight is 289 g/mol. The molecule has 4 heteroatoms. The van der Waals surface area contributed by atoms with E-state index >= 15 is 0 Å². The molecule has 0 aromatic heterocycles. The number of anilines is 1. The molecular formula is C17H24FN3. The molecule has 114 valence electrons. The number of nitrogens with one attached hydrogen (secondary N) is 1. The van der Waals surface area contributed by atoms with Crippen molar-refractivity contribution >= 4 is 5.69 Å². The summed E-state index contributed by atoms with van der Waals surface area (Å²) in [6.45, 7) is 3.78. The summed E-state index contributed by atoms with van der Waals surface area (Å²) in [5.41, 5.74) is 0.545. The Hall–Kier alpha value is -1.60. The number of nitrogens with zero attached hydrogens (tertiary/aromatic N) is 2. The van der Waals surface area contributed by atoms with Gasteiger partial charge >= 0.3 is 0 Å². The normalized spacial score (nSPS) is 24.8. The van der Waals surface area contributed by atoms with Gasteiger partial charge in [-0.25, -0.2) is 4.39 Å². The molecule has 3 nitrogen and oxygen atoms in total. The van der Waals surface area contributed by atoms with Gasteiger partial charge in [0.05, 0.1) is 6.07 Å². The van der Waals surface area contributed by atoms with Crippen LogP contribution in [0.4, 0.5) is 10.1 Å². The van der Waals surface area contributed by atoms with Crippen LogP contribution in [0.1, 0.15) is 32.6 Å². The van der Waals surface area contributed by atoms with Crippen LogP contribution in [0, 0.1) is 23.1 Å². The van der Waals surface area contributed by atoms with Gasteiger partial charge in [0.25, 0.3) is 0 Å². The SMILES string of the molecule is CCN(CCC1CCCC1(C#N)NC)c1cccc(F)c1. The van der Waals surface area contributed by atoms with Gasteiger partial charge in [-0.1, -0.05) is 12.5 Å². The molecule has 1 aromatic rings. The maximum absolute atomic E-state index is 13.4. The van der Waals surface area contributed by atoms with E-state index in [1.807, 2.05) is 13.1 Å². The third kappa shape index (κ3) is 3.36. The smallest absolute Gasteiger partial charge is 0.125 e. The first-order chi connectivity index (χ1) is 10.1. The summed E-state index contributed by atoms with van der Waals surface area (Å²) in [7, 11) is 1.88. The molecular weight excluding hydrogens is 265 g/mol. The quantitative estimate of drug-likeness (QED) is 0.873. The second kappa shape index (κ2) is 6.91. The second-order valence-electron chi connectivity index (χ2n) is 5.77. The van der Waals surface area contributed by atoms with Gasteiger partial charge in [0.2, 0.25) is 0 Å². The first-order valence-corrected chi connectivity index (χ1v) is 7.76. The first-order valence-electron chi connectivity index (χ1n) is 7.76. The highest BCUT2D eigenvalue weighted by molar-refractivity contribution is 5.46. The largest absolute Gasteiger partial charge is 0.372 e. The lowest BCUT2D eigenvalue weighted by molar-refractivity contribution is 0.322. The van der Waals surface area contributed by atoms with E-state index in [-0.39, 0.29) is 11.4 Å². The summed E-state index contributed by atoms with van der Waals surface area (Å²) in [5, 5.41) is 12.7. The van der Waals surface area contributed by atoms with Crippen molar-refractivity contribution in [2.24, 2.45) is 5.92 Å². The van der Waals surface area contributed by atoms with Gasteiger partial charge < -0.3 is 10.2 Å². The Labute approximate surface area is 126 Å². The molecule has 1 N–H and O–H groups in total. The Morgan fingerprint density at radius 2 is 2.33 bits per heavy atom. The van der Waals surface area contributed by atoms with Gasteiger partial charge in [0, 0.05) is 18.8 Å². The Kier molecular flexibility index (Phi) is 5.19. The highest BCUT2D eigenvalue weighted by atomic mass is 19.1. The van der Waals surface area contributed by atoms with E-state index in [0.29, 0.717) is 5.92 Å². The number of hydrogen-bond acceptors (Lipinski definition) is 3. The van der Waals surface area contributed by atoms with Crippen LogP contribution in [0.2, 0.25) is 0 Å². The molecule has 1 saturated carbocycles. The van der Waals surface area contributed by atoms with Crippen molar-refractivity contribution in [2.75, 3.05) is 25.0 Å². The second-order valence-corrected chi connectivity index (χ2v) is 5.77. The molecule has 21 heavy (non-hydrogen) atoms. The van der Waals surface area contributed by atoms with E-state index in [0.717, 1.165) is 44.5 Å². The predicted octanol–water partition coefficient (Wildman–Crippen LogP) is 3.32. The molecule has 0 spiro atoms. The van der Waals surface area contributed by atoms with Crippen molar-refractivity contribution in [3.05, 3.63) is 30.1 Å². The standard InChI is InChI=1S/C17H24FN3/c1-3-21(16-8-4-7-15(18)12-16)11-9-14-6-5-10-17(14,13-19)20-2/h4,7-8,12,14,20H,3,5-6,9-11H2,1-2H3. The third-order valence-corrected chi connectivity index (χ3v) is 4.77. The molecule has 2 unspecified atom stereocenters. The topological polar surface area (TPSA) is 39.1 Å². The van der Waals surface area contributed by atoms with Crippen molar-refractivity contribution in [1.82, 2.24) is 5.32 Å². The van der Waals surface area contributed by atoms with Gasteiger partial charge in [-0.3, -0.25) is 0 Å². The van der Waals surface area contributed by atoms with Crippen LogP contribution in [0.15, 0.2) is 24.3 Å². The fourth-order valence-corrected chi connectivity index (χ4v) is 3.46. The van der Waals surface area contributed by atoms with Crippen molar-refractivity contribution in [3.63, 3.8) is 0 Å². The van der Waals surface area contributed by atoms with Crippen LogP contribution >= 0.6 is 0 Å². The van der Waals surface area contributed by atoms with E-state index in [1.165, 1.54) is 6.07 Å². The Morgan fingerprint density at radius 1 is 1.52 bits per heavy atom. The Morgan fingerprint density at radius 3 is 2.95 bits per heavy atom. The van der Waals surface area contributed by atoms with E-state index in [2.05, 4.69) is 23.2 Å². The maximum Gasteiger partial charge on any atom is 0.125 e. The Bertz CT molecular complexity index is 511.